The van der Waals surface area contributed by atoms with Crippen molar-refractivity contribution in [3.05, 3.63) is 90.1 Å². The Hall–Kier alpha value is -3.60. The summed E-state index contributed by atoms with van der Waals surface area (Å²) in [5.74, 6) is 1.85. The molecule has 0 fully saturated rings. The van der Waals surface area contributed by atoms with E-state index in [1.54, 1.807) is 6.20 Å². The Labute approximate surface area is 164 Å². The van der Waals surface area contributed by atoms with E-state index in [0.717, 1.165) is 11.3 Å². The molecule has 0 aliphatic heterocycles. The molecule has 0 aliphatic carbocycles. The highest BCUT2D eigenvalue weighted by atomic mass is 16.5. The molecule has 0 bridgehead atoms. The predicted molar refractivity (Wildman–Crippen MR) is 114 cm³/mol. The van der Waals surface area contributed by atoms with E-state index in [1.807, 2.05) is 36.4 Å². The summed E-state index contributed by atoms with van der Waals surface area (Å²) in [6.45, 7) is 1.11. The molecule has 0 saturated carbocycles. The van der Waals surface area contributed by atoms with Crippen molar-refractivity contribution >= 4 is 22.5 Å². The van der Waals surface area contributed by atoms with Gasteiger partial charge < -0.3 is 15.8 Å². The number of ether oxygens (including phenoxy) is 1. The van der Waals surface area contributed by atoms with Crippen molar-refractivity contribution in [3.63, 3.8) is 0 Å². The summed E-state index contributed by atoms with van der Waals surface area (Å²) >= 11 is 0. The number of benzene rings is 3. The Morgan fingerprint density at radius 1 is 0.857 bits per heavy atom. The van der Waals surface area contributed by atoms with E-state index in [2.05, 4.69) is 51.7 Å². The van der Waals surface area contributed by atoms with Gasteiger partial charge in [-0.2, -0.15) is 4.98 Å². The molecule has 0 aliphatic rings. The molecule has 1 aromatic heterocycles. The molecule has 0 spiro atoms. The fourth-order valence-electron chi connectivity index (χ4n) is 3.14. The summed E-state index contributed by atoms with van der Waals surface area (Å²) in [5, 5.41) is 5.59. The van der Waals surface area contributed by atoms with Crippen LogP contribution in [0.3, 0.4) is 0 Å². The summed E-state index contributed by atoms with van der Waals surface area (Å²) in [5.41, 5.74) is 8.32. The SMILES string of the molecule is Nc1nc(NCCOc2ccccc2)ncc1Cc1cccc2ccccc12. The van der Waals surface area contributed by atoms with E-state index in [9.17, 15) is 0 Å². The lowest BCUT2D eigenvalue weighted by atomic mass is 9.99. The molecule has 140 valence electrons. The van der Waals surface area contributed by atoms with E-state index in [-0.39, 0.29) is 0 Å². The van der Waals surface area contributed by atoms with Gasteiger partial charge in [-0.25, -0.2) is 4.98 Å². The molecule has 5 nitrogen and oxygen atoms in total. The van der Waals surface area contributed by atoms with Crippen molar-refractivity contribution in [2.24, 2.45) is 0 Å². The largest absolute Gasteiger partial charge is 0.492 e. The van der Waals surface area contributed by atoms with Crippen LogP contribution in [0.15, 0.2) is 79.0 Å². The average molecular weight is 370 g/mol. The molecule has 3 aromatic carbocycles. The number of rotatable bonds is 7. The third-order valence-corrected chi connectivity index (χ3v) is 4.56. The first-order valence-electron chi connectivity index (χ1n) is 9.29. The minimum Gasteiger partial charge on any atom is -0.492 e. The second kappa shape index (κ2) is 8.39. The van der Waals surface area contributed by atoms with E-state index >= 15 is 0 Å². The molecular formula is C23H22N4O. The molecule has 0 unspecified atom stereocenters. The fourth-order valence-corrected chi connectivity index (χ4v) is 3.14. The molecule has 5 heteroatoms. The van der Waals surface area contributed by atoms with E-state index < -0.39 is 0 Å². The van der Waals surface area contributed by atoms with Gasteiger partial charge in [0.25, 0.3) is 0 Å². The van der Waals surface area contributed by atoms with Gasteiger partial charge in [0, 0.05) is 18.2 Å². The highest BCUT2D eigenvalue weighted by Crippen LogP contribution is 2.23. The Morgan fingerprint density at radius 3 is 2.50 bits per heavy atom. The second-order valence-electron chi connectivity index (χ2n) is 6.51. The Bertz CT molecular complexity index is 1060. The average Bonchev–Trinajstić information content (AvgIpc) is 2.74. The quantitative estimate of drug-likeness (QED) is 0.475. The van der Waals surface area contributed by atoms with E-state index in [1.165, 1.54) is 16.3 Å². The predicted octanol–water partition coefficient (Wildman–Crippen LogP) is 4.29. The number of fused-ring (bicyclic) bond motifs is 1. The van der Waals surface area contributed by atoms with Gasteiger partial charge in [-0.05, 0) is 28.5 Å². The lowest BCUT2D eigenvalue weighted by Gasteiger charge is -2.11. The molecule has 0 amide bonds. The van der Waals surface area contributed by atoms with Crippen molar-refractivity contribution in [2.45, 2.75) is 6.42 Å². The molecule has 0 radical (unpaired) electrons. The number of hydrogen-bond acceptors (Lipinski definition) is 5. The van der Waals surface area contributed by atoms with Gasteiger partial charge in [0.2, 0.25) is 5.95 Å². The number of nitrogens with zero attached hydrogens (tertiary/aromatic N) is 2. The maximum atomic E-state index is 6.19. The van der Waals surface area contributed by atoms with Crippen molar-refractivity contribution in [3.8, 4) is 5.75 Å². The number of hydrogen-bond donors (Lipinski definition) is 2. The maximum Gasteiger partial charge on any atom is 0.224 e. The molecule has 28 heavy (non-hydrogen) atoms. The third-order valence-electron chi connectivity index (χ3n) is 4.56. The topological polar surface area (TPSA) is 73.1 Å². The van der Waals surface area contributed by atoms with Crippen molar-refractivity contribution in [1.82, 2.24) is 9.97 Å². The zero-order chi connectivity index (χ0) is 19.2. The zero-order valence-electron chi connectivity index (χ0n) is 15.5. The van der Waals surface area contributed by atoms with Crippen LogP contribution in [0.4, 0.5) is 11.8 Å². The molecule has 0 saturated heterocycles. The minimum absolute atomic E-state index is 0.495. The van der Waals surface area contributed by atoms with Gasteiger partial charge >= 0.3 is 0 Å². The second-order valence-corrected chi connectivity index (χ2v) is 6.51. The fraction of sp³-hybridized carbons (Fsp3) is 0.130. The van der Waals surface area contributed by atoms with Gasteiger partial charge in [0.05, 0.1) is 6.54 Å². The van der Waals surface area contributed by atoms with Crippen LogP contribution < -0.4 is 15.8 Å². The lowest BCUT2D eigenvalue weighted by Crippen LogP contribution is -2.14. The molecule has 1 heterocycles. The van der Waals surface area contributed by atoms with Crippen molar-refractivity contribution in [1.29, 1.82) is 0 Å². The summed E-state index contributed by atoms with van der Waals surface area (Å²) in [7, 11) is 0. The molecule has 4 aromatic rings. The van der Waals surface area contributed by atoms with Crippen LogP contribution in [-0.4, -0.2) is 23.1 Å². The third kappa shape index (κ3) is 4.20. The van der Waals surface area contributed by atoms with E-state index in [0.29, 0.717) is 31.3 Å². The van der Waals surface area contributed by atoms with Crippen LogP contribution in [0.2, 0.25) is 0 Å². The van der Waals surface area contributed by atoms with Gasteiger partial charge in [-0.1, -0.05) is 60.7 Å². The van der Waals surface area contributed by atoms with E-state index in [4.69, 9.17) is 10.5 Å². The highest BCUT2D eigenvalue weighted by Gasteiger charge is 2.08. The van der Waals surface area contributed by atoms with Gasteiger partial charge in [0.15, 0.2) is 0 Å². The van der Waals surface area contributed by atoms with Crippen LogP contribution in [0, 0.1) is 0 Å². The first-order valence-corrected chi connectivity index (χ1v) is 9.29. The van der Waals surface area contributed by atoms with Crippen LogP contribution in [0.25, 0.3) is 10.8 Å². The molecule has 0 atom stereocenters. The summed E-state index contributed by atoms with van der Waals surface area (Å²) in [6.07, 6.45) is 2.50. The number of nitrogen functional groups attached to an aromatic ring is 1. The summed E-state index contributed by atoms with van der Waals surface area (Å²) in [6, 6.07) is 24.3. The van der Waals surface area contributed by atoms with Crippen LogP contribution in [0.5, 0.6) is 5.75 Å². The summed E-state index contributed by atoms with van der Waals surface area (Å²) in [4.78, 5) is 8.80. The number of nitrogens with two attached hydrogens (primary N) is 1. The smallest absolute Gasteiger partial charge is 0.224 e. The van der Waals surface area contributed by atoms with Gasteiger partial charge in [0.1, 0.15) is 18.2 Å². The number of nitrogens with one attached hydrogen (secondary N) is 1. The van der Waals surface area contributed by atoms with Crippen molar-refractivity contribution in [2.75, 3.05) is 24.2 Å². The Balaban J connectivity index is 1.39. The Morgan fingerprint density at radius 2 is 1.64 bits per heavy atom. The minimum atomic E-state index is 0.495. The number of anilines is 2. The number of aromatic nitrogens is 2. The zero-order valence-corrected chi connectivity index (χ0v) is 15.5. The normalized spacial score (nSPS) is 10.7. The highest BCUT2D eigenvalue weighted by molar-refractivity contribution is 5.86. The van der Waals surface area contributed by atoms with Crippen LogP contribution in [0.1, 0.15) is 11.1 Å². The van der Waals surface area contributed by atoms with Crippen LogP contribution >= 0.6 is 0 Å². The molecular weight excluding hydrogens is 348 g/mol. The maximum absolute atomic E-state index is 6.19. The summed E-state index contributed by atoms with van der Waals surface area (Å²) < 4.78 is 5.65. The standard InChI is InChI=1S/C23H22N4O/c24-22-19(15-18-9-6-8-17-7-4-5-12-21(17)18)16-26-23(27-22)25-13-14-28-20-10-2-1-3-11-20/h1-12,16H,13-15H2,(H3,24,25,26,27). The van der Waals surface area contributed by atoms with Gasteiger partial charge in [-0.3, -0.25) is 0 Å². The van der Waals surface area contributed by atoms with Crippen molar-refractivity contribution < 1.29 is 4.74 Å². The molecule has 4 rings (SSSR count). The lowest BCUT2D eigenvalue weighted by molar-refractivity contribution is 0.332. The Kier molecular flexibility index (Phi) is 5.33. The first kappa shape index (κ1) is 17.8. The van der Waals surface area contributed by atoms with Crippen LogP contribution in [-0.2, 0) is 6.42 Å². The number of para-hydroxylation sites is 1. The first-order chi connectivity index (χ1) is 13.8. The molecule has 3 N–H and O–H groups in total. The monoisotopic (exact) mass is 370 g/mol. The van der Waals surface area contributed by atoms with Gasteiger partial charge in [-0.15, -0.1) is 0 Å².